The highest BCUT2D eigenvalue weighted by atomic mass is 32.2. The zero-order valence-corrected chi connectivity index (χ0v) is 18.0. The molecule has 8 heteroatoms. The van der Waals surface area contributed by atoms with Gasteiger partial charge in [-0.3, -0.25) is 9.20 Å². The van der Waals surface area contributed by atoms with Crippen LogP contribution in [-0.2, 0) is 17.6 Å². The Morgan fingerprint density at radius 2 is 2.11 bits per heavy atom. The molecule has 1 amide bonds. The van der Waals surface area contributed by atoms with Crippen LogP contribution in [0.25, 0.3) is 15.9 Å². The number of carbonyl (C=O) groups is 1. The highest BCUT2D eigenvalue weighted by Gasteiger charge is 2.24. The molecule has 0 radical (unpaired) electrons. The van der Waals surface area contributed by atoms with Crippen molar-refractivity contribution in [3.05, 3.63) is 16.3 Å². The van der Waals surface area contributed by atoms with Crippen LogP contribution in [0.2, 0.25) is 0 Å². The number of piperidine rings is 1. The number of hydrogen-bond donors (Lipinski definition) is 0. The van der Waals surface area contributed by atoms with E-state index in [0.29, 0.717) is 11.7 Å². The lowest BCUT2D eigenvalue weighted by molar-refractivity contribution is -0.130. The van der Waals surface area contributed by atoms with Gasteiger partial charge in [-0.05, 0) is 56.9 Å². The maximum Gasteiger partial charge on any atom is 0.233 e. The van der Waals surface area contributed by atoms with E-state index in [-0.39, 0.29) is 5.91 Å². The van der Waals surface area contributed by atoms with E-state index in [1.165, 1.54) is 46.9 Å². The van der Waals surface area contributed by atoms with Gasteiger partial charge in [0.15, 0.2) is 10.8 Å². The summed E-state index contributed by atoms with van der Waals surface area (Å²) in [5.74, 6) is 2.11. The third-order valence-electron chi connectivity index (χ3n) is 5.93. The number of aromatic nitrogens is 4. The quantitative estimate of drug-likeness (QED) is 0.608. The molecule has 6 nitrogen and oxygen atoms in total. The summed E-state index contributed by atoms with van der Waals surface area (Å²) >= 11 is 3.30. The minimum absolute atomic E-state index is 0.202. The molecule has 3 aromatic rings. The number of hydrogen-bond acceptors (Lipinski definition) is 6. The van der Waals surface area contributed by atoms with Gasteiger partial charge in [-0.1, -0.05) is 18.7 Å². The standard InChI is InChI=1S/C20H25N5OS2/c1-12-6-5-9-24(10-12)16(26)11-27-20-23-22-18-17-14-7-3-4-8-15(14)28-19(17)21-13(2)25(18)20/h12H,3-11H2,1-2H3/t12-/m0/s1. The predicted molar refractivity (Wildman–Crippen MR) is 113 cm³/mol. The zero-order valence-electron chi connectivity index (χ0n) is 16.4. The number of likely N-dealkylation sites (tertiary alicyclic amines) is 1. The van der Waals surface area contributed by atoms with E-state index in [1.807, 2.05) is 27.6 Å². The summed E-state index contributed by atoms with van der Waals surface area (Å²) in [6, 6.07) is 0. The van der Waals surface area contributed by atoms with Gasteiger partial charge in [-0.15, -0.1) is 21.5 Å². The number of rotatable bonds is 3. The molecule has 2 aliphatic rings. The molecule has 1 aliphatic carbocycles. The monoisotopic (exact) mass is 415 g/mol. The molecule has 1 saturated heterocycles. The molecule has 5 rings (SSSR count). The molecule has 28 heavy (non-hydrogen) atoms. The summed E-state index contributed by atoms with van der Waals surface area (Å²) in [7, 11) is 0. The van der Waals surface area contributed by atoms with Crippen LogP contribution in [-0.4, -0.2) is 49.2 Å². The number of nitrogens with zero attached hydrogens (tertiary/aromatic N) is 5. The van der Waals surface area contributed by atoms with Crippen molar-refractivity contribution in [1.29, 1.82) is 0 Å². The lowest BCUT2D eigenvalue weighted by atomic mass is 9.97. The van der Waals surface area contributed by atoms with Crippen molar-refractivity contribution in [3.8, 4) is 0 Å². The van der Waals surface area contributed by atoms with Crippen molar-refractivity contribution in [2.45, 2.75) is 57.5 Å². The fourth-order valence-corrected chi connectivity index (χ4v) is 6.69. The number of carbonyl (C=O) groups excluding carboxylic acids is 1. The normalized spacial score (nSPS) is 20.1. The van der Waals surface area contributed by atoms with Crippen molar-refractivity contribution in [2.24, 2.45) is 5.92 Å². The first-order valence-corrected chi connectivity index (χ1v) is 12.0. The van der Waals surface area contributed by atoms with E-state index in [0.717, 1.165) is 53.8 Å². The van der Waals surface area contributed by atoms with Gasteiger partial charge in [0.25, 0.3) is 0 Å². The molecule has 0 N–H and O–H groups in total. The minimum atomic E-state index is 0.202. The van der Waals surface area contributed by atoms with Crippen LogP contribution < -0.4 is 0 Å². The summed E-state index contributed by atoms with van der Waals surface area (Å²) in [5, 5.41) is 10.9. The van der Waals surface area contributed by atoms with Crippen molar-refractivity contribution in [3.63, 3.8) is 0 Å². The van der Waals surface area contributed by atoms with Crippen molar-refractivity contribution in [1.82, 2.24) is 24.5 Å². The van der Waals surface area contributed by atoms with Gasteiger partial charge in [0.1, 0.15) is 10.7 Å². The van der Waals surface area contributed by atoms with Crippen LogP contribution in [0, 0.1) is 12.8 Å². The summed E-state index contributed by atoms with van der Waals surface area (Å²) in [4.78, 5) is 22.1. The average molecular weight is 416 g/mol. The number of fused-ring (bicyclic) bond motifs is 5. The fourth-order valence-electron chi connectivity index (χ4n) is 4.51. The summed E-state index contributed by atoms with van der Waals surface area (Å²) in [6.45, 7) is 5.99. The molecule has 0 aromatic carbocycles. The molecule has 1 fully saturated rings. The molecular formula is C20H25N5OS2. The Balaban J connectivity index is 1.45. The maximum atomic E-state index is 12.7. The zero-order chi connectivity index (χ0) is 19.3. The van der Waals surface area contributed by atoms with Gasteiger partial charge in [-0.25, -0.2) is 4.98 Å². The van der Waals surface area contributed by atoms with Crippen molar-refractivity contribution in [2.75, 3.05) is 18.8 Å². The van der Waals surface area contributed by atoms with Crippen LogP contribution in [0.4, 0.5) is 0 Å². The molecule has 0 bridgehead atoms. The van der Waals surface area contributed by atoms with Gasteiger partial charge in [0.05, 0.1) is 11.1 Å². The molecular weight excluding hydrogens is 390 g/mol. The molecule has 0 unspecified atom stereocenters. The van der Waals surface area contributed by atoms with Crippen LogP contribution in [0.5, 0.6) is 0 Å². The SMILES string of the molecule is Cc1nc2sc3c(c2c2nnc(SCC(=O)N4CCC[C@H](C)C4)n12)CCCC3. The van der Waals surface area contributed by atoms with E-state index in [9.17, 15) is 4.79 Å². The second kappa shape index (κ2) is 7.30. The third kappa shape index (κ3) is 3.10. The summed E-state index contributed by atoms with van der Waals surface area (Å²) in [6.07, 6.45) is 7.08. The number of amides is 1. The van der Waals surface area contributed by atoms with Crippen LogP contribution >= 0.6 is 23.1 Å². The maximum absolute atomic E-state index is 12.7. The topological polar surface area (TPSA) is 63.4 Å². The third-order valence-corrected chi connectivity index (χ3v) is 8.03. The van der Waals surface area contributed by atoms with Crippen molar-refractivity contribution < 1.29 is 4.79 Å². The van der Waals surface area contributed by atoms with Crippen LogP contribution in [0.1, 0.15) is 48.9 Å². The minimum Gasteiger partial charge on any atom is -0.342 e. The Morgan fingerprint density at radius 3 is 2.96 bits per heavy atom. The highest BCUT2D eigenvalue weighted by molar-refractivity contribution is 7.99. The highest BCUT2D eigenvalue weighted by Crippen LogP contribution is 2.38. The Morgan fingerprint density at radius 1 is 1.25 bits per heavy atom. The lowest BCUT2D eigenvalue weighted by Gasteiger charge is -2.30. The Bertz CT molecular complexity index is 1060. The van der Waals surface area contributed by atoms with Crippen LogP contribution in [0.15, 0.2) is 5.16 Å². The van der Waals surface area contributed by atoms with Gasteiger partial charge >= 0.3 is 0 Å². The molecule has 3 aromatic heterocycles. The van der Waals surface area contributed by atoms with Gasteiger partial charge in [-0.2, -0.15) is 0 Å². The second-order valence-corrected chi connectivity index (χ2v) is 10.1. The number of aryl methyl sites for hydroxylation is 3. The number of thioether (sulfide) groups is 1. The summed E-state index contributed by atoms with van der Waals surface area (Å²) in [5.41, 5.74) is 2.33. The summed E-state index contributed by atoms with van der Waals surface area (Å²) < 4.78 is 2.04. The smallest absolute Gasteiger partial charge is 0.233 e. The van der Waals surface area contributed by atoms with Gasteiger partial charge in [0, 0.05) is 18.0 Å². The fraction of sp³-hybridized carbons (Fsp3) is 0.600. The Hall–Kier alpha value is -1.67. The predicted octanol–water partition coefficient (Wildman–Crippen LogP) is 3.88. The van der Waals surface area contributed by atoms with E-state index in [2.05, 4.69) is 17.1 Å². The first-order valence-electron chi connectivity index (χ1n) is 10.2. The lowest BCUT2D eigenvalue weighted by Crippen LogP contribution is -2.40. The average Bonchev–Trinajstić information content (AvgIpc) is 3.27. The first kappa shape index (κ1) is 18.4. The van der Waals surface area contributed by atoms with Gasteiger partial charge in [0.2, 0.25) is 5.91 Å². The van der Waals surface area contributed by atoms with Crippen molar-refractivity contribution >= 4 is 44.9 Å². The van der Waals surface area contributed by atoms with E-state index in [4.69, 9.17) is 4.98 Å². The Kier molecular flexibility index (Phi) is 4.79. The van der Waals surface area contributed by atoms with Crippen LogP contribution in [0.3, 0.4) is 0 Å². The first-order chi connectivity index (χ1) is 13.6. The molecule has 1 atom stereocenters. The molecule has 1 aliphatic heterocycles. The molecule has 4 heterocycles. The molecule has 148 valence electrons. The van der Waals surface area contributed by atoms with Gasteiger partial charge < -0.3 is 4.90 Å². The van der Waals surface area contributed by atoms with E-state index in [1.54, 1.807) is 0 Å². The van der Waals surface area contributed by atoms with E-state index < -0.39 is 0 Å². The largest absolute Gasteiger partial charge is 0.342 e. The second-order valence-electron chi connectivity index (χ2n) is 8.07. The number of thiophene rings is 1. The molecule has 0 saturated carbocycles. The Labute approximate surface area is 172 Å². The molecule has 0 spiro atoms. The van der Waals surface area contributed by atoms with E-state index >= 15 is 0 Å².